The summed E-state index contributed by atoms with van der Waals surface area (Å²) in [5, 5.41) is 3.41. The monoisotopic (exact) mass is 559 g/mol. The Morgan fingerprint density at radius 3 is 2.54 bits per heavy atom. The van der Waals surface area contributed by atoms with E-state index in [0.29, 0.717) is 41.5 Å². The Morgan fingerprint density at radius 2 is 1.87 bits per heavy atom. The van der Waals surface area contributed by atoms with Crippen LogP contribution in [0.3, 0.4) is 0 Å². The molecule has 2 aliphatic rings. The van der Waals surface area contributed by atoms with Crippen LogP contribution in [-0.2, 0) is 16.5 Å². The molecule has 11 heteroatoms. The van der Waals surface area contributed by atoms with Gasteiger partial charge in [0.15, 0.2) is 0 Å². The van der Waals surface area contributed by atoms with E-state index in [-0.39, 0.29) is 17.8 Å². The molecule has 0 spiro atoms. The van der Waals surface area contributed by atoms with Gasteiger partial charge in [-0.15, -0.1) is 0 Å². The summed E-state index contributed by atoms with van der Waals surface area (Å²) < 4.78 is 49.8. The summed E-state index contributed by atoms with van der Waals surface area (Å²) in [6.45, 7) is 0.837. The molecule has 2 fully saturated rings. The van der Waals surface area contributed by atoms with Gasteiger partial charge in [0, 0.05) is 19.2 Å². The van der Waals surface area contributed by atoms with Crippen molar-refractivity contribution < 1.29 is 32.2 Å². The first kappa shape index (κ1) is 26.8. The maximum absolute atomic E-state index is 13.5. The number of anilines is 1. The van der Waals surface area contributed by atoms with Gasteiger partial charge in [0.25, 0.3) is 5.91 Å². The summed E-state index contributed by atoms with van der Waals surface area (Å²) >= 11 is 6.20. The number of pyridine rings is 1. The summed E-state index contributed by atoms with van der Waals surface area (Å²) in [6, 6.07) is 13.2. The maximum Gasteiger partial charge on any atom is 0.416 e. The number of hydrogen-bond donors (Lipinski definition) is 1. The van der Waals surface area contributed by atoms with E-state index in [2.05, 4.69) is 10.3 Å². The van der Waals surface area contributed by atoms with Crippen molar-refractivity contribution in [2.24, 2.45) is 0 Å². The van der Waals surface area contributed by atoms with Crippen LogP contribution in [0.25, 0.3) is 0 Å². The molecule has 1 atom stereocenters. The van der Waals surface area contributed by atoms with Crippen molar-refractivity contribution in [3.63, 3.8) is 0 Å². The van der Waals surface area contributed by atoms with Crippen molar-refractivity contribution in [2.45, 2.75) is 37.1 Å². The number of methoxy groups -OCH3 is 1. The number of carbonyl (C=O) groups excluding carboxylic acids is 2. The van der Waals surface area contributed by atoms with E-state index < -0.39 is 23.2 Å². The van der Waals surface area contributed by atoms with Crippen LogP contribution < -0.4 is 15.0 Å². The molecule has 1 unspecified atom stereocenters. The van der Waals surface area contributed by atoms with Gasteiger partial charge in [-0.2, -0.15) is 13.2 Å². The lowest BCUT2D eigenvalue weighted by atomic mass is 10.0. The van der Waals surface area contributed by atoms with Crippen LogP contribution in [0, 0.1) is 0 Å². The number of nitrogens with one attached hydrogen (secondary N) is 1. The molecule has 2 aromatic carbocycles. The van der Waals surface area contributed by atoms with Gasteiger partial charge in [-0.05, 0) is 54.8 Å². The molecular weight excluding hydrogens is 535 g/mol. The first-order chi connectivity index (χ1) is 18.6. The van der Waals surface area contributed by atoms with Gasteiger partial charge < -0.3 is 19.7 Å². The molecule has 1 saturated carbocycles. The summed E-state index contributed by atoms with van der Waals surface area (Å²) in [4.78, 5) is 31.5. The predicted molar refractivity (Wildman–Crippen MR) is 138 cm³/mol. The number of rotatable bonds is 7. The lowest BCUT2D eigenvalue weighted by molar-refractivity contribution is -0.137. The standard InChI is InChI=1S/C28H25ClF3N3O4/c1-38-26(37)17-5-7-18(8-6-17)27(10-11-27)34-25(36)23-14-20(29)15-33-24(23)35-12-9-22(16-35)39-21-4-2-3-19(13-21)28(30,31)32/h2-8,13-15,22H,9-12,16H2,1H3,(H,34,36). The first-order valence-corrected chi connectivity index (χ1v) is 12.7. The zero-order chi connectivity index (χ0) is 27.8. The fourth-order valence-corrected chi connectivity index (χ4v) is 4.90. The third-order valence-electron chi connectivity index (χ3n) is 6.95. The SMILES string of the molecule is COC(=O)c1ccc(C2(NC(=O)c3cc(Cl)cnc3N3CCC(Oc4cccc(C(F)(F)F)c4)C3)CC2)cc1. The van der Waals surface area contributed by atoms with E-state index in [9.17, 15) is 22.8 Å². The number of halogens is 4. The third kappa shape index (κ3) is 5.80. The van der Waals surface area contributed by atoms with Crippen LogP contribution in [-0.4, -0.2) is 43.2 Å². The number of ether oxygens (including phenoxy) is 2. The Bertz CT molecular complexity index is 1390. The van der Waals surface area contributed by atoms with E-state index in [1.165, 1.54) is 25.4 Å². The number of esters is 1. The summed E-state index contributed by atoms with van der Waals surface area (Å²) in [6.07, 6.45) is -1.39. The molecule has 7 nitrogen and oxygen atoms in total. The summed E-state index contributed by atoms with van der Waals surface area (Å²) in [7, 11) is 1.31. The first-order valence-electron chi connectivity index (χ1n) is 12.3. The van der Waals surface area contributed by atoms with Gasteiger partial charge in [-0.25, -0.2) is 9.78 Å². The highest BCUT2D eigenvalue weighted by Gasteiger charge is 2.46. The Morgan fingerprint density at radius 1 is 1.13 bits per heavy atom. The topological polar surface area (TPSA) is 80.8 Å². The summed E-state index contributed by atoms with van der Waals surface area (Å²) in [5.74, 6) is -0.237. The smallest absolute Gasteiger partial charge is 0.416 e. The van der Waals surface area contributed by atoms with Crippen molar-refractivity contribution in [3.8, 4) is 5.75 Å². The van der Waals surface area contributed by atoms with Gasteiger partial charge in [-0.3, -0.25) is 4.79 Å². The van der Waals surface area contributed by atoms with E-state index >= 15 is 0 Å². The molecule has 0 bridgehead atoms. The van der Waals surface area contributed by atoms with E-state index in [1.807, 2.05) is 4.90 Å². The van der Waals surface area contributed by atoms with Crippen LogP contribution in [0.4, 0.5) is 19.0 Å². The number of nitrogens with zero attached hydrogens (tertiary/aromatic N) is 2. The highest BCUT2D eigenvalue weighted by atomic mass is 35.5. The van der Waals surface area contributed by atoms with Crippen molar-refractivity contribution in [1.82, 2.24) is 10.3 Å². The highest BCUT2D eigenvalue weighted by Crippen LogP contribution is 2.46. The summed E-state index contributed by atoms with van der Waals surface area (Å²) in [5.41, 5.74) is 0.240. The molecule has 1 N–H and O–H groups in total. The quantitative estimate of drug-likeness (QED) is 0.379. The molecule has 0 radical (unpaired) electrons. The fraction of sp³-hybridized carbons (Fsp3) is 0.321. The number of hydrogen-bond acceptors (Lipinski definition) is 6. The molecule has 2 heterocycles. The lowest BCUT2D eigenvalue weighted by Gasteiger charge is -2.23. The minimum Gasteiger partial charge on any atom is -0.489 e. The molecule has 5 rings (SSSR count). The molecule has 1 aliphatic heterocycles. The normalized spacial score (nSPS) is 18.0. The third-order valence-corrected chi connectivity index (χ3v) is 7.15. The second-order valence-electron chi connectivity index (χ2n) is 9.63. The van der Waals surface area contributed by atoms with Crippen LogP contribution in [0.1, 0.15) is 51.1 Å². The average molecular weight is 560 g/mol. The van der Waals surface area contributed by atoms with Crippen LogP contribution in [0.5, 0.6) is 5.75 Å². The molecule has 1 aliphatic carbocycles. The van der Waals surface area contributed by atoms with Crippen molar-refractivity contribution in [3.05, 3.63) is 88.1 Å². The van der Waals surface area contributed by atoms with Crippen molar-refractivity contribution in [1.29, 1.82) is 0 Å². The molecule has 1 amide bonds. The van der Waals surface area contributed by atoms with Crippen LogP contribution >= 0.6 is 11.6 Å². The lowest BCUT2D eigenvalue weighted by Crippen LogP contribution is -2.36. The molecular formula is C28H25ClF3N3O4. The Labute approximate surface area is 227 Å². The van der Waals surface area contributed by atoms with Gasteiger partial charge in [0.1, 0.15) is 17.7 Å². The minimum absolute atomic E-state index is 0.132. The minimum atomic E-state index is -4.46. The number of alkyl halides is 3. The van der Waals surface area contributed by atoms with E-state index in [1.54, 1.807) is 30.3 Å². The van der Waals surface area contributed by atoms with Crippen LogP contribution in [0.15, 0.2) is 60.8 Å². The number of benzene rings is 2. The molecule has 3 aromatic rings. The molecule has 204 valence electrons. The fourth-order valence-electron chi connectivity index (χ4n) is 4.74. The molecule has 39 heavy (non-hydrogen) atoms. The Hall–Kier alpha value is -3.79. The number of amides is 1. The van der Waals surface area contributed by atoms with E-state index in [0.717, 1.165) is 30.5 Å². The largest absolute Gasteiger partial charge is 0.489 e. The predicted octanol–water partition coefficient (Wildman–Crippen LogP) is 5.62. The van der Waals surface area contributed by atoms with Crippen molar-refractivity contribution in [2.75, 3.05) is 25.1 Å². The number of aromatic nitrogens is 1. The average Bonchev–Trinajstić information content (AvgIpc) is 3.56. The second-order valence-corrected chi connectivity index (χ2v) is 10.1. The van der Waals surface area contributed by atoms with Crippen LogP contribution in [0.2, 0.25) is 5.02 Å². The van der Waals surface area contributed by atoms with Gasteiger partial charge in [0.05, 0.1) is 40.9 Å². The molecule has 1 saturated heterocycles. The van der Waals surface area contributed by atoms with Gasteiger partial charge >= 0.3 is 12.1 Å². The zero-order valence-electron chi connectivity index (χ0n) is 20.9. The zero-order valence-corrected chi connectivity index (χ0v) is 21.7. The van der Waals surface area contributed by atoms with E-state index in [4.69, 9.17) is 21.1 Å². The maximum atomic E-state index is 13.5. The molecule has 1 aromatic heterocycles. The van der Waals surface area contributed by atoms with Crippen molar-refractivity contribution >= 4 is 29.3 Å². The van der Waals surface area contributed by atoms with Gasteiger partial charge in [-0.1, -0.05) is 29.8 Å². The van der Waals surface area contributed by atoms with Gasteiger partial charge in [0.2, 0.25) is 0 Å². The number of carbonyl (C=O) groups is 2. The highest BCUT2D eigenvalue weighted by molar-refractivity contribution is 6.31. The second kappa shape index (κ2) is 10.4. The Balaban J connectivity index is 1.30. The Kier molecular flexibility index (Phi) is 7.15.